The minimum Gasteiger partial charge on any atom is -0.482 e. The largest absolute Gasteiger partial charge is 0.482 e. The number of nitrogens with zero attached hydrogens (tertiary/aromatic N) is 1. The Morgan fingerprint density at radius 3 is 3.15 bits per heavy atom. The van der Waals surface area contributed by atoms with Crippen molar-refractivity contribution >= 4 is 40.2 Å². The zero-order valence-corrected chi connectivity index (χ0v) is 12.2. The molecule has 2 heterocycles. The quantitative estimate of drug-likeness (QED) is 0.913. The summed E-state index contributed by atoms with van der Waals surface area (Å²) in [5.74, 6) is 0.438. The molecule has 0 aliphatic carbocycles. The number of hydrogen-bond donors (Lipinski definition) is 2. The summed E-state index contributed by atoms with van der Waals surface area (Å²) < 4.78 is 5.38. The van der Waals surface area contributed by atoms with Crippen LogP contribution in [-0.2, 0) is 4.79 Å². The van der Waals surface area contributed by atoms with Gasteiger partial charge < -0.3 is 15.4 Å². The van der Waals surface area contributed by atoms with Crippen LogP contribution >= 0.6 is 22.9 Å². The fraction of sp³-hybridized carbons (Fsp3) is 0.231. The summed E-state index contributed by atoms with van der Waals surface area (Å²) in [7, 11) is 0. The van der Waals surface area contributed by atoms with E-state index < -0.39 is 0 Å². The van der Waals surface area contributed by atoms with E-state index in [1.165, 1.54) is 0 Å². The van der Waals surface area contributed by atoms with Crippen molar-refractivity contribution in [2.45, 2.75) is 13.0 Å². The number of carbonyl (C=O) groups excluding carboxylic acids is 1. The van der Waals surface area contributed by atoms with Gasteiger partial charge in [-0.2, -0.15) is 0 Å². The van der Waals surface area contributed by atoms with Gasteiger partial charge in [-0.3, -0.25) is 4.79 Å². The van der Waals surface area contributed by atoms with E-state index in [-0.39, 0.29) is 18.6 Å². The molecule has 1 amide bonds. The average molecular weight is 310 g/mol. The molecule has 104 valence electrons. The van der Waals surface area contributed by atoms with Gasteiger partial charge in [-0.15, -0.1) is 11.3 Å². The van der Waals surface area contributed by atoms with Crippen molar-refractivity contribution in [2.75, 3.05) is 17.2 Å². The predicted octanol–water partition coefficient (Wildman–Crippen LogP) is 3.30. The number of thiazole rings is 1. The number of carbonyl (C=O) groups is 1. The molecule has 5 nitrogen and oxygen atoms in total. The molecule has 1 aliphatic heterocycles. The van der Waals surface area contributed by atoms with Gasteiger partial charge in [0.1, 0.15) is 10.8 Å². The highest BCUT2D eigenvalue weighted by Gasteiger charge is 2.19. The summed E-state index contributed by atoms with van der Waals surface area (Å²) in [5.41, 5.74) is 1.35. The van der Waals surface area contributed by atoms with Crippen molar-refractivity contribution in [2.24, 2.45) is 0 Å². The molecule has 0 saturated carbocycles. The molecule has 0 spiro atoms. The second-order valence-electron chi connectivity index (χ2n) is 4.40. The minimum atomic E-state index is -0.176. The number of nitrogens with one attached hydrogen (secondary N) is 2. The summed E-state index contributed by atoms with van der Waals surface area (Å²) in [6, 6.07) is 3.52. The van der Waals surface area contributed by atoms with E-state index in [1.54, 1.807) is 29.7 Å². The first-order valence-electron chi connectivity index (χ1n) is 6.05. The number of amides is 1. The Labute approximate surface area is 124 Å². The number of hydrogen-bond acceptors (Lipinski definition) is 5. The van der Waals surface area contributed by atoms with E-state index in [4.69, 9.17) is 16.3 Å². The summed E-state index contributed by atoms with van der Waals surface area (Å²) in [4.78, 5) is 15.5. The fourth-order valence-corrected chi connectivity index (χ4v) is 2.82. The lowest BCUT2D eigenvalue weighted by Gasteiger charge is -2.21. The van der Waals surface area contributed by atoms with Crippen molar-refractivity contribution in [3.8, 4) is 5.75 Å². The van der Waals surface area contributed by atoms with Crippen molar-refractivity contribution in [3.05, 3.63) is 33.7 Å². The average Bonchev–Trinajstić information content (AvgIpc) is 2.94. The highest BCUT2D eigenvalue weighted by molar-refractivity contribution is 7.09. The van der Waals surface area contributed by atoms with Gasteiger partial charge in [-0.25, -0.2) is 4.98 Å². The molecule has 0 radical (unpaired) electrons. The lowest BCUT2D eigenvalue weighted by molar-refractivity contribution is -0.118. The van der Waals surface area contributed by atoms with Gasteiger partial charge in [-0.05, 0) is 13.0 Å². The number of benzene rings is 1. The van der Waals surface area contributed by atoms with E-state index in [1.807, 2.05) is 12.3 Å². The molecule has 1 aromatic heterocycles. The second-order valence-corrected chi connectivity index (χ2v) is 5.73. The maximum Gasteiger partial charge on any atom is 0.262 e. The highest BCUT2D eigenvalue weighted by Crippen LogP contribution is 2.37. The van der Waals surface area contributed by atoms with E-state index in [0.29, 0.717) is 16.5 Å². The summed E-state index contributed by atoms with van der Waals surface area (Å²) >= 11 is 7.81. The van der Waals surface area contributed by atoms with Crippen LogP contribution in [0.3, 0.4) is 0 Å². The van der Waals surface area contributed by atoms with Crippen LogP contribution in [-0.4, -0.2) is 17.5 Å². The first kappa shape index (κ1) is 13.2. The molecule has 1 atom stereocenters. The van der Waals surface area contributed by atoms with Crippen LogP contribution in [0.5, 0.6) is 5.75 Å². The summed E-state index contributed by atoms with van der Waals surface area (Å²) in [6.07, 6.45) is 1.77. The maximum atomic E-state index is 11.3. The number of halogens is 1. The van der Waals surface area contributed by atoms with Crippen LogP contribution in [0, 0.1) is 0 Å². The van der Waals surface area contributed by atoms with Gasteiger partial charge in [0, 0.05) is 17.6 Å². The Bertz CT molecular complexity index is 645. The van der Waals surface area contributed by atoms with Crippen LogP contribution in [0.1, 0.15) is 18.0 Å². The first-order chi connectivity index (χ1) is 9.63. The first-order valence-corrected chi connectivity index (χ1v) is 7.31. The van der Waals surface area contributed by atoms with E-state index in [9.17, 15) is 4.79 Å². The Balaban J connectivity index is 1.85. The lowest BCUT2D eigenvalue weighted by atomic mass is 10.2. The Kier molecular flexibility index (Phi) is 3.50. The Hall–Kier alpha value is -1.79. The molecule has 1 unspecified atom stereocenters. The van der Waals surface area contributed by atoms with Gasteiger partial charge in [-0.1, -0.05) is 11.6 Å². The maximum absolute atomic E-state index is 11.3. The monoisotopic (exact) mass is 309 g/mol. The number of ether oxygens (including phenoxy) is 1. The molecule has 20 heavy (non-hydrogen) atoms. The van der Waals surface area contributed by atoms with Gasteiger partial charge >= 0.3 is 0 Å². The van der Waals surface area contributed by atoms with Crippen LogP contribution in [0.15, 0.2) is 23.7 Å². The molecule has 0 bridgehead atoms. The fourth-order valence-electron chi connectivity index (χ4n) is 1.95. The van der Waals surface area contributed by atoms with Crippen LogP contribution in [0.25, 0.3) is 0 Å². The van der Waals surface area contributed by atoms with Crippen molar-refractivity contribution in [1.29, 1.82) is 0 Å². The van der Waals surface area contributed by atoms with Crippen molar-refractivity contribution < 1.29 is 9.53 Å². The van der Waals surface area contributed by atoms with Gasteiger partial charge in [0.25, 0.3) is 5.91 Å². The number of aromatic nitrogens is 1. The number of anilines is 2. The third kappa shape index (κ3) is 2.57. The molecule has 0 saturated heterocycles. The standard InChI is InChI=1S/C13H12ClN3O2S/c1-7(13-15-2-3-20-13)16-9-5-11-10(4-8(9)14)17-12(18)6-19-11/h2-5,7,16H,6H2,1H3,(H,17,18). The zero-order valence-electron chi connectivity index (χ0n) is 10.6. The molecule has 0 fully saturated rings. The smallest absolute Gasteiger partial charge is 0.262 e. The van der Waals surface area contributed by atoms with Gasteiger partial charge in [0.15, 0.2) is 6.61 Å². The summed E-state index contributed by atoms with van der Waals surface area (Å²) in [6.45, 7) is 2.04. The third-order valence-electron chi connectivity index (χ3n) is 2.90. The summed E-state index contributed by atoms with van der Waals surface area (Å²) in [5, 5.41) is 9.46. The lowest BCUT2D eigenvalue weighted by Crippen LogP contribution is -2.25. The highest BCUT2D eigenvalue weighted by atomic mass is 35.5. The predicted molar refractivity (Wildman–Crippen MR) is 79.7 cm³/mol. The van der Waals surface area contributed by atoms with E-state index >= 15 is 0 Å². The molecule has 2 N–H and O–H groups in total. The normalized spacial score (nSPS) is 15.0. The van der Waals surface area contributed by atoms with E-state index in [2.05, 4.69) is 15.6 Å². The SMILES string of the molecule is CC(Nc1cc2c(cc1Cl)NC(=O)CO2)c1nccs1. The molecule has 7 heteroatoms. The minimum absolute atomic E-state index is 0.0239. The number of rotatable bonds is 3. The van der Waals surface area contributed by atoms with Crippen LogP contribution in [0.2, 0.25) is 5.02 Å². The zero-order chi connectivity index (χ0) is 14.1. The number of fused-ring (bicyclic) bond motifs is 1. The van der Waals surface area contributed by atoms with E-state index in [0.717, 1.165) is 10.7 Å². The van der Waals surface area contributed by atoms with Crippen molar-refractivity contribution in [3.63, 3.8) is 0 Å². The Morgan fingerprint density at radius 1 is 1.55 bits per heavy atom. The van der Waals surface area contributed by atoms with Crippen LogP contribution in [0.4, 0.5) is 11.4 Å². The molecule has 1 aliphatic rings. The topological polar surface area (TPSA) is 63.2 Å². The molecule has 2 aromatic rings. The Morgan fingerprint density at radius 2 is 2.40 bits per heavy atom. The molecular formula is C13H12ClN3O2S. The second kappa shape index (κ2) is 5.30. The van der Waals surface area contributed by atoms with Crippen LogP contribution < -0.4 is 15.4 Å². The van der Waals surface area contributed by atoms with Crippen molar-refractivity contribution in [1.82, 2.24) is 4.98 Å². The molecule has 3 rings (SSSR count). The third-order valence-corrected chi connectivity index (χ3v) is 4.17. The van der Waals surface area contributed by atoms with Gasteiger partial charge in [0.2, 0.25) is 0 Å². The molecule has 1 aromatic carbocycles. The molecular weight excluding hydrogens is 298 g/mol. The van der Waals surface area contributed by atoms with Gasteiger partial charge in [0.05, 0.1) is 22.4 Å².